The number of rotatable bonds is 5. The molecule has 2 heterocycles. The molecule has 1 aromatic heterocycles. The molecule has 1 fully saturated rings. The molecule has 18 heavy (non-hydrogen) atoms. The van der Waals surface area contributed by atoms with E-state index in [0.29, 0.717) is 11.5 Å². The predicted octanol–water partition coefficient (Wildman–Crippen LogP) is 3.52. The van der Waals surface area contributed by atoms with Crippen LogP contribution in [0.5, 0.6) is 0 Å². The summed E-state index contributed by atoms with van der Waals surface area (Å²) in [6, 6.07) is 4.95. The van der Waals surface area contributed by atoms with E-state index in [4.69, 9.17) is 0 Å². The number of hydrogen-bond acceptors (Lipinski definition) is 3. The minimum atomic E-state index is 0.485. The Bertz CT molecular complexity index is 341. The summed E-state index contributed by atoms with van der Waals surface area (Å²) >= 11 is 1.87. The largest absolute Gasteiger partial charge is 0.316 e. The van der Waals surface area contributed by atoms with Crippen molar-refractivity contribution in [2.45, 2.75) is 39.2 Å². The molecule has 1 aromatic rings. The molecule has 1 N–H and O–H groups in total. The first-order chi connectivity index (χ1) is 8.67. The maximum absolute atomic E-state index is 3.58. The van der Waals surface area contributed by atoms with Crippen LogP contribution in [-0.2, 0) is 0 Å². The van der Waals surface area contributed by atoms with Crippen molar-refractivity contribution in [3.05, 3.63) is 22.4 Å². The van der Waals surface area contributed by atoms with Crippen LogP contribution in [0, 0.1) is 5.41 Å². The quantitative estimate of drug-likeness (QED) is 0.877. The van der Waals surface area contributed by atoms with Gasteiger partial charge in [-0.05, 0) is 56.6 Å². The first-order valence-corrected chi connectivity index (χ1v) is 7.99. The van der Waals surface area contributed by atoms with Gasteiger partial charge in [-0.25, -0.2) is 0 Å². The average molecular weight is 266 g/mol. The number of nitrogens with zero attached hydrogens (tertiary/aromatic N) is 1. The second-order valence-corrected chi connectivity index (χ2v) is 6.72. The molecule has 2 atom stereocenters. The first kappa shape index (κ1) is 14.0. The molecule has 1 aliphatic heterocycles. The standard InChI is InChI=1S/C15H26N2S/c1-4-15(8-6-9-16-11-15)12-17(3)13(2)14-7-5-10-18-14/h5,7,10,13,16H,4,6,8-9,11-12H2,1-3H3. The Kier molecular flexibility index (Phi) is 4.82. The highest BCUT2D eigenvalue weighted by atomic mass is 32.1. The van der Waals surface area contributed by atoms with E-state index < -0.39 is 0 Å². The molecule has 0 bridgehead atoms. The molecular weight excluding hydrogens is 240 g/mol. The van der Waals surface area contributed by atoms with E-state index in [2.05, 4.69) is 48.6 Å². The third-order valence-corrected chi connectivity index (χ3v) is 5.55. The van der Waals surface area contributed by atoms with E-state index in [0.717, 1.165) is 0 Å². The van der Waals surface area contributed by atoms with E-state index in [1.54, 1.807) is 0 Å². The van der Waals surface area contributed by atoms with Crippen LogP contribution in [0.3, 0.4) is 0 Å². The van der Waals surface area contributed by atoms with E-state index in [1.165, 1.54) is 43.8 Å². The fraction of sp³-hybridized carbons (Fsp3) is 0.733. The van der Waals surface area contributed by atoms with E-state index >= 15 is 0 Å². The van der Waals surface area contributed by atoms with Gasteiger partial charge in [-0.2, -0.15) is 0 Å². The molecule has 0 radical (unpaired) electrons. The average Bonchev–Trinajstić information content (AvgIpc) is 2.92. The molecule has 2 unspecified atom stereocenters. The maximum atomic E-state index is 3.58. The number of hydrogen-bond donors (Lipinski definition) is 1. The van der Waals surface area contributed by atoms with Gasteiger partial charge in [-0.1, -0.05) is 13.0 Å². The Balaban J connectivity index is 1.98. The van der Waals surface area contributed by atoms with Crippen molar-refractivity contribution >= 4 is 11.3 Å². The molecule has 1 aliphatic rings. The van der Waals surface area contributed by atoms with Crippen molar-refractivity contribution < 1.29 is 0 Å². The van der Waals surface area contributed by atoms with Gasteiger partial charge >= 0.3 is 0 Å². The van der Waals surface area contributed by atoms with Crippen molar-refractivity contribution in [1.82, 2.24) is 10.2 Å². The van der Waals surface area contributed by atoms with Crippen LogP contribution < -0.4 is 5.32 Å². The van der Waals surface area contributed by atoms with Gasteiger partial charge < -0.3 is 5.32 Å². The lowest BCUT2D eigenvalue weighted by Gasteiger charge is -2.41. The molecule has 3 heteroatoms. The summed E-state index contributed by atoms with van der Waals surface area (Å²) in [7, 11) is 2.27. The third kappa shape index (κ3) is 3.14. The SMILES string of the molecule is CCC1(CN(C)C(C)c2cccs2)CCCNC1. The van der Waals surface area contributed by atoms with Crippen LogP contribution in [0.15, 0.2) is 17.5 Å². The fourth-order valence-corrected chi connectivity index (χ4v) is 3.84. The van der Waals surface area contributed by atoms with Crippen molar-refractivity contribution in [2.75, 3.05) is 26.7 Å². The van der Waals surface area contributed by atoms with Gasteiger partial charge in [0.05, 0.1) is 0 Å². The zero-order valence-corrected chi connectivity index (χ0v) is 12.7. The predicted molar refractivity (Wildman–Crippen MR) is 80.2 cm³/mol. The summed E-state index contributed by atoms with van der Waals surface area (Å²) in [5.41, 5.74) is 0.485. The van der Waals surface area contributed by atoms with Crippen LogP contribution in [0.1, 0.15) is 44.0 Å². The van der Waals surface area contributed by atoms with Crippen LogP contribution in [-0.4, -0.2) is 31.6 Å². The van der Waals surface area contributed by atoms with Crippen molar-refractivity contribution in [1.29, 1.82) is 0 Å². The monoisotopic (exact) mass is 266 g/mol. The van der Waals surface area contributed by atoms with E-state index in [9.17, 15) is 0 Å². The van der Waals surface area contributed by atoms with Gasteiger partial charge in [0, 0.05) is 24.0 Å². The molecule has 0 saturated carbocycles. The Morgan fingerprint density at radius 2 is 2.39 bits per heavy atom. The van der Waals surface area contributed by atoms with Gasteiger partial charge in [-0.15, -0.1) is 11.3 Å². The summed E-state index contributed by atoms with van der Waals surface area (Å²) < 4.78 is 0. The second-order valence-electron chi connectivity index (χ2n) is 5.74. The molecule has 0 aromatic carbocycles. The fourth-order valence-electron chi connectivity index (χ4n) is 2.99. The van der Waals surface area contributed by atoms with Crippen molar-refractivity contribution in [2.24, 2.45) is 5.41 Å². The maximum Gasteiger partial charge on any atom is 0.0410 e. The van der Waals surface area contributed by atoms with Gasteiger partial charge in [0.1, 0.15) is 0 Å². The highest BCUT2D eigenvalue weighted by Gasteiger charge is 2.32. The number of nitrogens with one attached hydrogen (secondary N) is 1. The third-order valence-electron chi connectivity index (χ3n) is 4.51. The highest BCUT2D eigenvalue weighted by molar-refractivity contribution is 7.10. The number of piperidine rings is 1. The Hall–Kier alpha value is -0.380. The topological polar surface area (TPSA) is 15.3 Å². The molecular formula is C15H26N2S. The van der Waals surface area contributed by atoms with Crippen molar-refractivity contribution in [3.63, 3.8) is 0 Å². The molecule has 1 saturated heterocycles. The summed E-state index contributed by atoms with van der Waals surface area (Å²) in [5, 5.41) is 5.76. The lowest BCUT2D eigenvalue weighted by molar-refractivity contribution is 0.107. The normalized spacial score (nSPS) is 26.4. The van der Waals surface area contributed by atoms with Gasteiger partial charge in [0.2, 0.25) is 0 Å². The smallest absolute Gasteiger partial charge is 0.0410 e. The zero-order chi connectivity index (χ0) is 13.0. The lowest BCUT2D eigenvalue weighted by Crippen LogP contribution is -2.46. The Morgan fingerprint density at radius 1 is 1.56 bits per heavy atom. The molecule has 102 valence electrons. The zero-order valence-electron chi connectivity index (χ0n) is 11.9. The summed E-state index contributed by atoms with van der Waals surface area (Å²) in [6.45, 7) is 8.26. The van der Waals surface area contributed by atoms with Crippen LogP contribution in [0.25, 0.3) is 0 Å². The van der Waals surface area contributed by atoms with Gasteiger partial charge in [-0.3, -0.25) is 4.90 Å². The molecule has 0 amide bonds. The van der Waals surface area contributed by atoms with Crippen LogP contribution in [0.4, 0.5) is 0 Å². The van der Waals surface area contributed by atoms with Crippen LogP contribution >= 0.6 is 11.3 Å². The van der Waals surface area contributed by atoms with E-state index in [-0.39, 0.29) is 0 Å². The van der Waals surface area contributed by atoms with Crippen LogP contribution in [0.2, 0.25) is 0 Å². The minimum Gasteiger partial charge on any atom is -0.316 e. The summed E-state index contributed by atoms with van der Waals surface area (Å²) in [5.74, 6) is 0. The lowest BCUT2D eigenvalue weighted by atomic mass is 9.77. The summed E-state index contributed by atoms with van der Waals surface area (Å²) in [4.78, 5) is 4.01. The molecule has 2 rings (SSSR count). The highest BCUT2D eigenvalue weighted by Crippen LogP contribution is 2.33. The molecule has 2 nitrogen and oxygen atoms in total. The van der Waals surface area contributed by atoms with Gasteiger partial charge in [0.15, 0.2) is 0 Å². The van der Waals surface area contributed by atoms with E-state index in [1.807, 2.05) is 11.3 Å². The Labute approximate surface area is 115 Å². The van der Waals surface area contributed by atoms with Gasteiger partial charge in [0.25, 0.3) is 0 Å². The number of thiophene rings is 1. The molecule has 0 spiro atoms. The summed E-state index contributed by atoms with van der Waals surface area (Å²) in [6.07, 6.45) is 3.98. The van der Waals surface area contributed by atoms with Crippen molar-refractivity contribution in [3.8, 4) is 0 Å². The minimum absolute atomic E-state index is 0.485. The first-order valence-electron chi connectivity index (χ1n) is 7.11. The second kappa shape index (κ2) is 6.18. The Morgan fingerprint density at radius 3 is 2.94 bits per heavy atom. The molecule has 0 aliphatic carbocycles.